The van der Waals surface area contributed by atoms with E-state index in [-0.39, 0.29) is 0 Å². The van der Waals surface area contributed by atoms with E-state index >= 15 is 0 Å². The maximum Gasteiger partial charge on any atom is 0.0586 e. The molecule has 3 nitrogen and oxygen atoms in total. The molecule has 3 heteroatoms. The highest BCUT2D eigenvalue weighted by atomic mass is 16.5. The summed E-state index contributed by atoms with van der Waals surface area (Å²) < 4.78 is 5.46. The minimum Gasteiger partial charge on any atom is -0.395 e. The highest BCUT2D eigenvalue weighted by Gasteiger charge is 2.33. The Morgan fingerprint density at radius 2 is 2.13 bits per heavy atom. The lowest BCUT2D eigenvalue weighted by Gasteiger charge is -2.37. The van der Waals surface area contributed by atoms with Crippen LogP contribution in [0, 0.1) is 0 Å². The Hall–Kier alpha value is -0.120. The van der Waals surface area contributed by atoms with Gasteiger partial charge in [-0.15, -0.1) is 0 Å². The van der Waals surface area contributed by atoms with E-state index in [0.29, 0.717) is 24.8 Å². The summed E-state index contributed by atoms with van der Waals surface area (Å²) in [7, 11) is 1.82. The van der Waals surface area contributed by atoms with E-state index in [9.17, 15) is 5.11 Å². The van der Waals surface area contributed by atoms with Crippen molar-refractivity contribution in [1.29, 1.82) is 0 Å². The zero-order chi connectivity index (χ0) is 10.7. The number of likely N-dealkylation sites (tertiary alicyclic amines) is 1. The van der Waals surface area contributed by atoms with Crippen molar-refractivity contribution in [2.24, 2.45) is 0 Å². The number of hydrogen-bond acceptors (Lipinski definition) is 3. The van der Waals surface area contributed by atoms with Gasteiger partial charge in [-0.2, -0.15) is 0 Å². The molecule has 1 heterocycles. The highest BCUT2D eigenvalue weighted by Crippen LogP contribution is 2.30. The van der Waals surface area contributed by atoms with Crippen LogP contribution in [0.25, 0.3) is 0 Å². The Labute approximate surface area is 92.4 Å². The van der Waals surface area contributed by atoms with Crippen molar-refractivity contribution in [2.45, 2.75) is 56.7 Å². The van der Waals surface area contributed by atoms with Crippen LogP contribution in [0.3, 0.4) is 0 Å². The molecule has 1 saturated carbocycles. The fourth-order valence-electron chi connectivity index (χ4n) is 3.17. The zero-order valence-electron chi connectivity index (χ0n) is 9.69. The van der Waals surface area contributed by atoms with Crippen LogP contribution < -0.4 is 0 Å². The second-order valence-corrected chi connectivity index (χ2v) is 4.89. The second-order valence-electron chi connectivity index (χ2n) is 4.89. The number of ether oxygens (including phenoxy) is 1. The topological polar surface area (TPSA) is 32.7 Å². The van der Waals surface area contributed by atoms with E-state index in [0.717, 1.165) is 6.42 Å². The Morgan fingerprint density at radius 1 is 1.27 bits per heavy atom. The second kappa shape index (κ2) is 5.28. The first-order valence-corrected chi connectivity index (χ1v) is 6.24. The molecule has 1 aliphatic carbocycles. The van der Waals surface area contributed by atoms with Crippen molar-refractivity contribution < 1.29 is 9.84 Å². The summed E-state index contributed by atoms with van der Waals surface area (Å²) in [6.07, 6.45) is 7.80. The maximum absolute atomic E-state index is 9.32. The summed E-state index contributed by atoms with van der Waals surface area (Å²) in [5, 5.41) is 9.32. The fraction of sp³-hybridized carbons (Fsp3) is 1.00. The van der Waals surface area contributed by atoms with Crippen LogP contribution >= 0.6 is 0 Å². The molecular formula is C12H23NO2. The van der Waals surface area contributed by atoms with Crippen molar-refractivity contribution in [3.63, 3.8) is 0 Å². The van der Waals surface area contributed by atoms with E-state index in [2.05, 4.69) is 4.90 Å². The molecule has 1 N–H and O–H groups in total. The van der Waals surface area contributed by atoms with Crippen LogP contribution in [0.15, 0.2) is 0 Å². The monoisotopic (exact) mass is 213 g/mol. The SMILES string of the molecule is COC1CCCC(N2CCC[C@@H]2CO)C1. The summed E-state index contributed by atoms with van der Waals surface area (Å²) in [5.41, 5.74) is 0. The molecule has 0 amide bonds. The van der Waals surface area contributed by atoms with Crippen molar-refractivity contribution in [1.82, 2.24) is 4.90 Å². The molecule has 2 aliphatic rings. The normalized spacial score (nSPS) is 38.4. The Morgan fingerprint density at radius 3 is 2.87 bits per heavy atom. The molecule has 88 valence electrons. The van der Waals surface area contributed by atoms with Gasteiger partial charge in [-0.3, -0.25) is 4.90 Å². The molecule has 3 atom stereocenters. The molecule has 2 unspecified atom stereocenters. The molecule has 0 spiro atoms. The molecule has 0 bridgehead atoms. The summed E-state index contributed by atoms with van der Waals surface area (Å²) in [4.78, 5) is 2.52. The van der Waals surface area contributed by atoms with E-state index in [1.807, 2.05) is 7.11 Å². The number of methoxy groups -OCH3 is 1. The van der Waals surface area contributed by atoms with Gasteiger partial charge in [0.2, 0.25) is 0 Å². The van der Waals surface area contributed by atoms with Gasteiger partial charge < -0.3 is 9.84 Å². The lowest BCUT2D eigenvalue weighted by atomic mass is 9.91. The molecule has 2 fully saturated rings. The van der Waals surface area contributed by atoms with Gasteiger partial charge in [0.25, 0.3) is 0 Å². The van der Waals surface area contributed by atoms with E-state index < -0.39 is 0 Å². The van der Waals surface area contributed by atoms with Crippen LogP contribution in [-0.2, 0) is 4.74 Å². The number of aliphatic hydroxyl groups is 1. The minimum absolute atomic E-state index is 0.328. The van der Waals surface area contributed by atoms with Gasteiger partial charge in [-0.1, -0.05) is 0 Å². The van der Waals surface area contributed by atoms with Crippen LogP contribution in [0.1, 0.15) is 38.5 Å². The first-order valence-electron chi connectivity index (χ1n) is 6.24. The van der Waals surface area contributed by atoms with Crippen molar-refractivity contribution in [2.75, 3.05) is 20.3 Å². The third-order valence-electron chi connectivity index (χ3n) is 4.03. The Bertz CT molecular complexity index is 198. The van der Waals surface area contributed by atoms with Gasteiger partial charge in [-0.05, 0) is 45.1 Å². The molecule has 1 aliphatic heterocycles. The van der Waals surface area contributed by atoms with Crippen LogP contribution in [0.5, 0.6) is 0 Å². The largest absolute Gasteiger partial charge is 0.395 e. The fourth-order valence-corrected chi connectivity index (χ4v) is 3.17. The molecule has 0 aromatic carbocycles. The van der Waals surface area contributed by atoms with Crippen molar-refractivity contribution in [3.8, 4) is 0 Å². The van der Waals surface area contributed by atoms with E-state index in [4.69, 9.17) is 4.74 Å². The van der Waals surface area contributed by atoms with Crippen LogP contribution in [0.2, 0.25) is 0 Å². The first-order chi connectivity index (χ1) is 7.35. The van der Waals surface area contributed by atoms with Crippen molar-refractivity contribution in [3.05, 3.63) is 0 Å². The first kappa shape index (κ1) is 11.4. The third-order valence-corrected chi connectivity index (χ3v) is 4.03. The average Bonchev–Trinajstić information content (AvgIpc) is 2.77. The Kier molecular flexibility index (Phi) is 4.00. The van der Waals surface area contributed by atoms with Gasteiger partial charge in [0.05, 0.1) is 12.7 Å². The van der Waals surface area contributed by atoms with Gasteiger partial charge >= 0.3 is 0 Å². The standard InChI is InChI=1S/C12H23NO2/c1-15-12-6-2-4-10(8-12)13-7-3-5-11(13)9-14/h10-12,14H,2-9H2,1H3/t10?,11-,12?/m1/s1. The maximum atomic E-state index is 9.32. The van der Waals surface area contributed by atoms with Gasteiger partial charge in [-0.25, -0.2) is 0 Å². The van der Waals surface area contributed by atoms with Gasteiger partial charge in [0, 0.05) is 19.2 Å². The number of aliphatic hydroxyl groups excluding tert-OH is 1. The lowest BCUT2D eigenvalue weighted by Crippen LogP contribution is -2.44. The predicted molar refractivity (Wildman–Crippen MR) is 59.9 cm³/mol. The third kappa shape index (κ3) is 2.52. The molecule has 2 rings (SSSR count). The van der Waals surface area contributed by atoms with Crippen LogP contribution in [-0.4, -0.2) is 48.5 Å². The molecule has 15 heavy (non-hydrogen) atoms. The quantitative estimate of drug-likeness (QED) is 0.769. The van der Waals surface area contributed by atoms with E-state index in [1.165, 1.54) is 38.6 Å². The van der Waals surface area contributed by atoms with Gasteiger partial charge in [0.15, 0.2) is 0 Å². The molecule has 1 saturated heterocycles. The predicted octanol–water partition coefficient (Wildman–Crippen LogP) is 1.40. The highest BCUT2D eigenvalue weighted by molar-refractivity contribution is 4.88. The minimum atomic E-state index is 0.328. The number of rotatable bonds is 3. The summed E-state index contributed by atoms with van der Waals surface area (Å²) in [6.45, 7) is 1.50. The zero-order valence-corrected chi connectivity index (χ0v) is 9.69. The summed E-state index contributed by atoms with van der Waals surface area (Å²) >= 11 is 0. The molecule has 0 aromatic heterocycles. The summed E-state index contributed by atoms with van der Waals surface area (Å²) in [5.74, 6) is 0. The smallest absolute Gasteiger partial charge is 0.0586 e. The lowest BCUT2D eigenvalue weighted by molar-refractivity contribution is 0.0166. The number of hydrogen-bond donors (Lipinski definition) is 1. The van der Waals surface area contributed by atoms with Crippen molar-refractivity contribution >= 4 is 0 Å². The van der Waals surface area contributed by atoms with Gasteiger partial charge in [0.1, 0.15) is 0 Å². The molecule has 0 radical (unpaired) electrons. The molecular weight excluding hydrogens is 190 g/mol. The average molecular weight is 213 g/mol. The summed E-state index contributed by atoms with van der Waals surface area (Å²) in [6, 6.07) is 1.08. The molecule has 0 aromatic rings. The van der Waals surface area contributed by atoms with Crippen LogP contribution in [0.4, 0.5) is 0 Å². The van der Waals surface area contributed by atoms with E-state index in [1.54, 1.807) is 0 Å². The number of nitrogens with zero attached hydrogens (tertiary/aromatic N) is 1. The Balaban J connectivity index is 1.91.